The van der Waals surface area contributed by atoms with Crippen molar-refractivity contribution in [2.75, 3.05) is 31.6 Å². The van der Waals surface area contributed by atoms with Gasteiger partial charge in [-0.25, -0.2) is 4.79 Å². The lowest BCUT2D eigenvalue weighted by Crippen LogP contribution is -2.32. The Balaban J connectivity index is 1.57. The van der Waals surface area contributed by atoms with Gasteiger partial charge in [0.05, 0.1) is 12.1 Å². The predicted molar refractivity (Wildman–Crippen MR) is 100 cm³/mol. The van der Waals surface area contributed by atoms with Gasteiger partial charge in [0, 0.05) is 18.3 Å². The fraction of sp³-hybridized carbons (Fsp3) is 0.300. The molecule has 0 saturated carbocycles. The van der Waals surface area contributed by atoms with Gasteiger partial charge in [0.25, 0.3) is 0 Å². The number of aromatic carboxylic acids is 1. The van der Waals surface area contributed by atoms with Crippen LogP contribution >= 0.6 is 0 Å². The lowest BCUT2D eigenvalue weighted by atomic mass is 10.1. The highest BCUT2D eigenvalue weighted by Gasteiger charge is 2.14. The monoisotopic (exact) mass is 370 g/mol. The number of amides is 1. The van der Waals surface area contributed by atoms with E-state index in [0.29, 0.717) is 43.5 Å². The highest BCUT2D eigenvalue weighted by atomic mass is 16.6. The number of nitrogens with zero attached hydrogens (tertiary/aromatic N) is 1. The van der Waals surface area contributed by atoms with Crippen molar-refractivity contribution >= 4 is 17.6 Å². The van der Waals surface area contributed by atoms with Crippen LogP contribution in [-0.4, -0.2) is 48.2 Å². The first-order chi connectivity index (χ1) is 13.0. The summed E-state index contributed by atoms with van der Waals surface area (Å²) in [6, 6.07) is 12.0. The normalized spacial score (nSPS) is 12.7. The van der Waals surface area contributed by atoms with Crippen molar-refractivity contribution in [3.8, 4) is 11.5 Å². The molecule has 0 saturated heterocycles. The molecule has 1 aliphatic rings. The number of carbonyl (C=O) groups excluding carboxylic acids is 1. The Hall–Kier alpha value is -3.06. The molecule has 1 heterocycles. The molecule has 7 heteroatoms. The van der Waals surface area contributed by atoms with Gasteiger partial charge in [0.2, 0.25) is 5.91 Å². The summed E-state index contributed by atoms with van der Waals surface area (Å²) in [7, 11) is 0. The zero-order valence-electron chi connectivity index (χ0n) is 15.1. The molecule has 0 aliphatic carbocycles. The number of carboxylic acid groups (broad SMARTS) is 1. The first-order valence-corrected chi connectivity index (χ1v) is 8.79. The number of hydrogen-bond donors (Lipinski definition) is 2. The van der Waals surface area contributed by atoms with Gasteiger partial charge in [-0.2, -0.15) is 0 Å². The molecule has 3 rings (SSSR count). The summed E-state index contributed by atoms with van der Waals surface area (Å²) in [6.07, 6.45) is 0. The number of carbonyl (C=O) groups is 2. The third-order valence-electron chi connectivity index (χ3n) is 4.25. The molecule has 2 aromatic carbocycles. The summed E-state index contributed by atoms with van der Waals surface area (Å²) in [6.45, 7) is 4.47. The van der Waals surface area contributed by atoms with Gasteiger partial charge >= 0.3 is 5.97 Å². The number of benzene rings is 2. The van der Waals surface area contributed by atoms with E-state index >= 15 is 0 Å². The lowest BCUT2D eigenvalue weighted by molar-refractivity contribution is -0.117. The molecule has 27 heavy (non-hydrogen) atoms. The zero-order chi connectivity index (χ0) is 19.2. The Bertz CT molecular complexity index is 820. The molecule has 2 aromatic rings. The molecule has 0 unspecified atom stereocenters. The number of hydrogen-bond acceptors (Lipinski definition) is 5. The van der Waals surface area contributed by atoms with Crippen LogP contribution in [0.2, 0.25) is 0 Å². The molecule has 0 fully saturated rings. The van der Waals surface area contributed by atoms with Crippen LogP contribution in [0, 0.1) is 0 Å². The molecule has 0 aromatic heterocycles. The zero-order valence-corrected chi connectivity index (χ0v) is 15.1. The van der Waals surface area contributed by atoms with E-state index < -0.39 is 5.97 Å². The molecule has 1 amide bonds. The minimum atomic E-state index is -0.951. The average Bonchev–Trinajstić information content (AvgIpc) is 2.67. The fourth-order valence-corrected chi connectivity index (χ4v) is 2.82. The summed E-state index contributed by atoms with van der Waals surface area (Å²) in [4.78, 5) is 25.3. The highest BCUT2D eigenvalue weighted by molar-refractivity contribution is 5.92. The van der Waals surface area contributed by atoms with Gasteiger partial charge in [0.1, 0.15) is 13.2 Å². The minimum Gasteiger partial charge on any atom is -0.486 e. The molecular weight excluding hydrogens is 348 g/mol. The second kappa shape index (κ2) is 8.55. The van der Waals surface area contributed by atoms with Crippen molar-refractivity contribution in [2.24, 2.45) is 0 Å². The maximum Gasteiger partial charge on any atom is 0.335 e. The Labute approximate surface area is 157 Å². The topological polar surface area (TPSA) is 88.1 Å². The van der Waals surface area contributed by atoms with Crippen molar-refractivity contribution in [1.82, 2.24) is 4.90 Å². The van der Waals surface area contributed by atoms with Crippen molar-refractivity contribution in [3.63, 3.8) is 0 Å². The molecule has 0 atom stereocenters. The Morgan fingerprint density at radius 1 is 1.07 bits per heavy atom. The van der Waals surface area contributed by atoms with E-state index in [2.05, 4.69) is 5.32 Å². The van der Waals surface area contributed by atoms with Gasteiger partial charge in [-0.3, -0.25) is 9.69 Å². The number of fused-ring (bicyclic) bond motifs is 1. The van der Waals surface area contributed by atoms with E-state index in [1.807, 2.05) is 11.8 Å². The van der Waals surface area contributed by atoms with Crippen molar-refractivity contribution in [2.45, 2.75) is 13.5 Å². The second-order valence-corrected chi connectivity index (χ2v) is 6.21. The number of nitrogens with one attached hydrogen (secondary N) is 1. The number of anilines is 1. The molecule has 0 bridgehead atoms. The number of likely N-dealkylation sites (N-methyl/N-ethyl adjacent to an activating group) is 1. The van der Waals surface area contributed by atoms with E-state index in [1.54, 1.807) is 42.5 Å². The predicted octanol–water partition coefficient (Wildman–Crippen LogP) is 2.62. The quantitative estimate of drug-likeness (QED) is 0.779. The standard InChI is InChI=1S/C20H22N2O5/c1-2-22(12-14-3-5-15(6-4-14)20(24)25)13-19(23)21-16-7-8-17-18(11-16)27-10-9-26-17/h3-8,11H,2,9-10,12-13H2,1H3,(H,21,23)(H,24,25). The molecule has 0 spiro atoms. The summed E-state index contributed by atoms with van der Waals surface area (Å²) >= 11 is 0. The number of ether oxygens (including phenoxy) is 2. The third kappa shape index (κ3) is 4.98. The van der Waals surface area contributed by atoms with Crippen LogP contribution in [0.25, 0.3) is 0 Å². The van der Waals surface area contributed by atoms with Crippen LogP contribution in [0.3, 0.4) is 0 Å². The van der Waals surface area contributed by atoms with E-state index in [4.69, 9.17) is 14.6 Å². The van der Waals surface area contributed by atoms with Gasteiger partial charge in [0.15, 0.2) is 11.5 Å². The Morgan fingerprint density at radius 3 is 2.44 bits per heavy atom. The van der Waals surface area contributed by atoms with Crippen LogP contribution in [0.4, 0.5) is 5.69 Å². The summed E-state index contributed by atoms with van der Waals surface area (Å²) < 4.78 is 11.0. The molecule has 0 radical (unpaired) electrons. The first kappa shape index (κ1) is 18.7. The Kier molecular flexibility index (Phi) is 5.93. The molecule has 7 nitrogen and oxygen atoms in total. The van der Waals surface area contributed by atoms with Gasteiger partial charge in [-0.15, -0.1) is 0 Å². The van der Waals surface area contributed by atoms with Crippen LogP contribution < -0.4 is 14.8 Å². The highest BCUT2D eigenvalue weighted by Crippen LogP contribution is 2.32. The molecule has 2 N–H and O–H groups in total. The lowest BCUT2D eigenvalue weighted by Gasteiger charge is -2.21. The van der Waals surface area contributed by atoms with Crippen molar-refractivity contribution < 1.29 is 24.2 Å². The average molecular weight is 370 g/mol. The smallest absolute Gasteiger partial charge is 0.335 e. The van der Waals surface area contributed by atoms with E-state index in [1.165, 1.54) is 0 Å². The maximum atomic E-state index is 12.4. The maximum absolute atomic E-state index is 12.4. The first-order valence-electron chi connectivity index (χ1n) is 8.79. The van der Waals surface area contributed by atoms with Crippen LogP contribution in [-0.2, 0) is 11.3 Å². The van der Waals surface area contributed by atoms with Crippen LogP contribution in [0.5, 0.6) is 11.5 Å². The SMILES string of the molecule is CCN(CC(=O)Nc1ccc2c(c1)OCCO2)Cc1ccc(C(=O)O)cc1. The molecular formula is C20H22N2O5. The van der Waals surface area contributed by atoms with Crippen molar-refractivity contribution in [1.29, 1.82) is 0 Å². The second-order valence-electron chi connectivity index (χ2n) is 6.21. The van der Waals surface area contributed by atoms with E-state index in [-0.39, 0.29) is 18.0 Å². The van der Waals surface area contributed by atoms with E-state index in [9.17, 15) is 9.59 Å². The molecule has 142 valence electrons. The van der Waals surface area contributed by atoms with Gasteiger partial charge in [-0.1, -0.05) is 19.1 Å². The molecule has 1 aliphatic heterocycles. The number of carboxylic acids is 1. The van der Waals surface area contributed by atoms with Crippen molar-refractivity contribution in [3.05, 3.63) is 53.6 Å². The fourth-order valence-electron chi connectivity index (χ4n) is 2.82. The summed E-state index contributed by atoms with van der Waals surface area (Å²) in [5, 5.41) is 11.8. The Morgan fingerprint density at radius 2 is 1.78 bits per heavy atom. The summed E-state index contributed by atoms with van der Waals surface area (Å²) in [5.41, 5.74) is 1.86. The van der Waals surface area contributed by atoms with Crippen LogP contribution in [0.15, 0.2) is 42.5 Å². The number of rotatable bonds is 7. The minimum absolute atomic E-state index is 0.129. The van der Waals surface area contributed by atoms with E-state index in [0.717, 1.165) is 5.56 Å². The van der Waals surface area contributed by atoms with Gasteiger partial charge in [-0.05, 0) is 36.4 Å². The third-order valence-corrected chi connectivity index (χ3v) is 4.25. The largest absolute Gasteiger partial charge is 0.486 e. The van der Waals surface area contributed by atoms with Crippen LogP contribution in [0.1, 0.15) is 22.8 Å². The van der Waals surface area contributed by atoms with Gasteiger partial charge < -0.3 is 19.9 Å². The summed E-state index contributed by atoms with van der Waals surface area (Å²) in [5.74, 6) is 0.229.